The monoisotopic (exact) mass is 785 g/mol. The van der Waals surface area contributed by atoms with Gasteiger partial charge in [-0.25, -0.2) is 15.0 Å². The summed E-state index contributed by atoms with van der Waals surface area (Å²) in [6, 6.07) is 17.0. The molecule has 0 bridgehead atoms. The smallest absolute Gasteiger partial charge is 0.225 e. The molecule has 1 unspecified atom stereocenters. The summed E-state index contributed by atoms with van der Waals surface area (Å²) < 4.78 is 1.99. The number of nitrogens with zero attached hydrogens (tertiary/aromatic N) is 7. The van der Waals surface area contributed by atoms with Gasteiger partial charge in [-0.1, -0.05) is 18.2 Å². The Balaban J connectivity index is 0.897. The summed E-state index contributed by atoms with van der Waals surface area (Å²) in [5.74, 6) is 1.74. The molecular weight excluding hydrogens is 731 g/mol. The largest absolute Gasteiger partial charge is 0.507 e. The highest BCUT2D eigenvalue weighted by Crippen LogP contribution is 2.33. The second kappa shape index (κ2) is 18.4. The summed E-state index contributed by atoms with van der Waals surface area (Å²) in [6.07, 6.45) is 13.4. The van der Waals surface area contributed by atoms with Gasteiger partial charge in [-0.2, -0.15) is 0 Å². The predicted octanol–water partition coefficient (Wildman–Crippen LogP) is 4.23. The lowest BCUT2D eigenvalue weighted by atomic mass is 9.91. The minimum atomic E-state index is -0.472. The van der Waals surface area contributed by atoms with Crippen molar-refractivity contribution in [2.24, 2.45) is 11.5 Å². The first kappa shape index (κ1) is 40.1. The molecule has 2 aliphatic heterocycles. The molecular formula is C44H55N11O3. The fraction of sp³-hybridized carbons (Fsp3) is 0.386. The third kappa shape index (κ3) is 8.86. The minimum absolute atomic E-state index is 0.0821. The van der Waals surface area contributed by atoms with Gasteiger partial charge in [-0.15, -0.1) is 0 Å². The molecule has 14 nitrogen and oxygen atoms in total. The lowest BCUT2D eigenvalue weighted by Gasteiger charge is -2.37. The number of amides is 1. The van der Waals surface area contributed by atoms with Crippen LogP contribution in [0.2, 0.25) is 0 Å². The first-order valence-corrected chi connectivity index (χ1v) is 20.3. The van der Waals surface area contributed by atoms with E-state index in [1.165, 1.54) is 11.1 Å². The Morgan fingerprint density at radius 2 is 1.69 bits per heavy atom. The van der Waals surface area contributed by atoms with Crippen LogP contribution < -0.4 is 27.0 Å². The summed E-state index contributed by atoms with van der Waals surface area (Å²) >= 11 is 0. The van der Waals surface area contributed by atoms with Crippen molar-refractivity contribution in [3.05, 3.63) is 107 Å². The van der Waals surface area contributed by atoms with E-state index in [0.29, 0.717) is 42.5 Å². The van der Waals surface area contributed by atoms with E-state index < -0.39 is 6.04 Å². The van der Waals surface area contributed by atoms with Crippen molar-refractivity contribution in [3.8, 4) is 5.75 Å². The SMILES string of the molecule is CNC(=O)CCC(C=O)n1c2ccc(CCCN3CCC(c4cnc(N5CCN(C(/C=C(\N)c6ccccc6O)=C(/N)NC)CC5)nc4)CC3)cc2c2cccnc21. The van der Waals surface area contributed by atoms with Crippen LogP contribution in [0.3, 0.4) is 0 Å². The van der Waals surface area contributed by atoms with Crippen molar-refractivity contribution in [2.75, 3.05) is 64.8 Å². The number of aromatic nitrogens is 4. The van der Waals surface area contributed by atoms with E-state index in [1.54, 1.807) is 38.5 Å². The number of para-hydroxylation sites is 1. The van der Waals surface area contributed by atoms with Gasteiger partial charge in [0.15, 0.2) is 0 Å². The maximum atomic E-state index is 12.2. The molecule has 0 radical (unpaired) electrons. The van der Waals surface area contributed by atoms with Crippen molar-refractivity contribution < 1.29 is 14.7 Å². The molecule has 3 aromatic heterocycles. The Bertz CT molecular complexity index is 2270. The second-order valence-corrected chi connectivity index (χ2v) is 15.2. The van der Waals surface area contributed by atoms with Crippen LogP contribution >= 0.6 is 0 Å². The third-order valence-electron chi connectivity index (χ3n) is 11.7. The van der Waals surface area contributed by atoms with Crippen LogP contribution in [0.25, 0.3) is 27.6 Å². The zero-order valence-corrected chi connectivity index (χ0v) is 33.5. The number of nitrogens with two attached hydrogens (primary N) is 2. The van der Waals surface area contributed by atoms with Crippen LogP contribution in [0.1, 0.15) is 60.8 Å². The quantitative estimate of drug-likeness (QED) is 0.0754. The standard InChI is InChI=1S/C44H55N11O3/c1-47-41(58)14-12-33(29-56)55-38-13-11-30(25-36(38)34-9-5-17-49-43(34)55)7-6-18-52-19-15-31(16-20-52)32-27-50-44(51-28-32)54-23-21-53(22-24-54)39(42(46)48-2)26-37(45)35-8-3-4-10-40(35)57/h3-5,8-11,13,17,25-29,31,33,48,57H,6-7,12,14-16,18-24,45-46H2,1-2H3,(H,47,58)/b37-26-,42-39-. The molecule has 7 rings (SSSR count). The number of aryl methyl sites for hydroxylation is 1. The van der Waals surface area contributed by atoms with E-state index in [2.05, 4.69) is 54.6 Å². The van der Waals surface area contributed by atoms with Gasteiger partial charge in [-0.3, -0.25) is 4.79 Å². The minimum Gasteiger partial charge on any atom is -0.507 e. The molecule has 2 saturated heterocycles. The fourth-order valence-corrected chi connectivity index (χ4v) is 8.34. The fourth-order valence-electron chi connectivity index (χ4n) is 8.34. The second-order valence-electron chi connectivity index (χ2n) is 15.2. The number of allylic oxidation sites excluding steroid dienone is 1. The number of hydrogen-bond acceptors (Lipinski definition) is 12. The molecule has 2 aliphatic rings. The molecule has 0 aliphatic carbocycles. The average Bonchev–Trinajstić information content (AvgIpc) is 3.59. The molecule has 7 N–H and O–H groups in total. The van der Waals surface area contributed by atoms with E-state index in [1.807, 2.05) is 35.2 Å². The van der Waals surface area contributed by atoms with Crippen molar-refractivity contribution in [3.63, 3.8) is 0 Å². The molecule has 304 valence electrons. The number of pyridine rings is 1. The maximum absolute atomic E-state index is 12.2. The number of likely N-dealkylation sites (tertiary alicyclic amines) is 1. The van der Waals surface area contributed by atoms with Gasteiger partial charge >= 0.3 is 0 Å². The summed E-state index contributed by atoms with van der Waals surface area (Å²) in [5, 5.41) is 18.1. The number of phenolic OH excluding ortho intramolecular Hbond substituents is 1. The molecule has 1 amide bonds. The number of hydrogen-bond donors (Lipinski definition) is 5. The topological polar surface area (TPSA) is 184 Å². The zero-order valence-electron chi connectivity index (χ0n) is 33.5. The van der Waals surface area contributed by atoms with Crippen molar-refractivity contribution in [2.45, 2.75) is 50.5 Å². The molecule has 58 heavy (non-hydrogen) atoms. The molecule has 5 heterocycles. The number of aromatic hydroxyl groups is 1. The Kier molecular flexibility index (Phi) is 12.7. The number of carbonyl (C=O) groups is 2. The highest BCUT2D eigenvalue weighted by atomic mass is 16.3. The number of carbonyl (C=O) groups excluding carboxylic acids is 2. The first-order valence-electron chi connectivity index (χ1n) is 20.3. The van der Waals surface area contributed by atoms with Crippen LogP contribution in [0.15, 0.2) is 90.8 Å². The molecule has 0 saturated carbocycles. The highest BCUT2D eigenvalue weighted by Gasteiger charge is 2.25. The van der Waals surface area contributed by atoms with E-state index in [-0.39, 0.29) is 18.1 Å². The molecule has 14 heteroatoms. The summed E-state index contributed by atoms with van der Waals surface area (Å²) in [6.45, 7) is 6.03. The summed E-state index contributed by atoms with van der Waals surface area (Å²) in [4.78, 5) is 45.4. The number of phenols is 1. The first-order chi connectivity index (χ1) is 28.3. The number of nitrogens with one attached hydrogen (secondary N) is 2. The molecule has 2 aromatic carbocycles. The van der Waals surface area contributed by atoms with Crippen LogP contribution in [0.4, 0.5) is 5.95 Å². The lowest BCUT2D eigenvalue weighted by Crippen LogP contribution is -2.47. The number of rotatable bonds is 15. The van der Waals surface area contributed by atoms with Gasteiger partial charge in [-0.05, 0) is 111 Å². The van der Waals surface area contributed by atoms with Gasteiger partial charge in [0.1, 0.15) is 23.5 Å². The zero-order chi connectivity index (χ0) is 40.6. The van der Waals surface area contributed by atoms with E-state index in [0.717, 1.165) is 98.3 Å². The molecule has 1 atom stereocenters. The number of fused-ring (bicyclic) bond motifs is 3. The normalized spacial score (nSPS) is 16.7. The van der Waals surface area contributed by atoms with Gasteiger partial charge < -0.3 is 51.3 Å². The Labute approximate surface area is 339 Å². The molecule has 2 fully saturated rings. The van der Waals surface area contributed by atoms with Crippen LogP contribution in [-0.4, -0.2) is 107 Å². The van der Waals surface area contributed by atoms with Crippen molar-refractivity contribution >= 4 is 45.8 Å². The maximum Gasteiger partial charge on any atom is 0.225 e. The highest BCUT2D eigenvalue weighted by molar-refractivity contribution is 6.07. The van der Waals surface area contributed by atoms with Gasteiger partial charge in [0.2, 0.25) is 11.9 Å². The van der Waals surface area contributed by atoms with Gasteiger partial charge in [0.05, 0.1) is 17.3 Å². The van der Waals surface area contributed by atoms with Crippen LogP contribution in [0, 0.1) is 0 Å². The average molecular weight is 786 g/mol. The van der Waals surface area contributed by atoms with Crippen molar-refractivity contribution in [1.29, 1.82) is 0 Å². The van der Waals surface area contributed by atoms with E-state index >= 15 is 0 Å². The Morgan fingerprint density at radius 3 is 2.40 bits per heavy atom. The number of piperazine rings is 1. The van der Waals surface area contributed by atoms with Crippen LogP contribution in [0.5, 0.6) is 5.75 Å². The Hall–Kier alpha value is -6.15. The van der Waals surface area contributed by atoms with Crippen LogP contribution in [-0.2, 0) is 16.0 Å². The summed E-state index contributed by atoms with van der Waals surface area (Å²) in [7, 11) is 3.39. The number of aldehydes is 1. The summed E-state index contributed by atoms with van der Waals surface area (Å²) in [5.41, 5.74) is 18.8. The van der Waals surface area contributed by atoms with E-state index in [4.69, 9.17) is 21.4 Å². The predicted molar refractivity (Wildman–Crippen MR) is 229 cm³/mol. The number of piperidine rings is 1. The molecule has 5 aromatic rings. The van der Waals surface area contributed by atoms with Gasteiger partial charge in [0.25, 0.3) is 0 Å². The number of anilines is 1. The Morgan fingerprint density at radius 1 is 0.931 bits per heavy atom. The van der Waals surface area contributed by atoms with Crippen molar-refractivity contribution in [1.82, 2.24) is 40.0 Å². The van der Waals surface area contributed by atoms with Gasteiger partial charge in [0, 0.05) is 87.3 Å². The molecule has 0 spiro atoms. The lowest BCUT2D eigenvalue weighted by molar-refractivity contribution is -0.121. The van der Waals surface area contributed by atoms with E-state index in [9.17, 15) is 14.7 Å². The third-order valence-corrected chi connectivity index (χ3v) is 11.7. The number of benzene rings is 2.